The van der Waals surface area contributed by atoms with Gasteiger partial charge in [0.05, 0.1) is 22.1 Å². The minimum absolute atomic E-state index is 0.386. The molecular weight excluding hydrogens is 632 g/mol. The number of hydrogen-bond acceptors (Lipinski definition) is 8. The van der Waals surface area contributed by atoms with Crippen LogP contribution in [0.3, 0.4) is 0 Å². The predicted molar refractivity (Wildman–Crippen MR) is 196 cm³/mol. The fourth-order valence-corrected chi connectivity index (χ4v) is 5.13. The van der Waals surface area contributed by atoms with Crippen LogP contribution in [0.1, 0.15) is 0 Å². The number of aromatic nitrogens is 8. The molecule has 0 aliphatic heterocycles. The van der Waals surface area contributed by atoms with Crippen LogP contribution in [0.25, 0.3) is 65.7 Å². The number of aromatic amines is 4. The zero-order valence-corrected chi connectivity index (χ0v) is 26.1. The normalized spacial score (nSPS) is 10.7. The molecule has 0 unspecified atom stereocenters. The van der Waals surface area contributed by atoms with Gasteiger partial charge in [-0.25, -0.2) is 0 Å². The Kier molecular flexibility index (Phi) is 8.63. The molecule has 0 amide bonds. The van der Waals surface area contributed by atoms with Crippen molar-refractivity contribution >= 4 is 65.7 Å². The monoisotopic (exact) mass is 658 g/mol. The second kappa shape index (κ2) is 13.8. The molecule has 0 atom stereocenters. The van der Waals surface area contributed by atoms with Crippen molar-refractivity contribution in [3.05, 3.63) is 175 Å². The lowest BCUT2D eigenvalue weighted by Crippen LogP contribution is -2.26. The molecule has 50 heavy (non-hydrogen) atoms. The first-order valence-electron chi connectivity index (χ1n) is 15.4. The molecule has 0 aliphatic rings. The van der Waals surface area contributed by atoms with E-state index < -0.39 is 22.2 Å². The first-order valence-corrected chi connectivity index (χ1v) is 15.4. The smallest absolute Gasteiger partial charge is 0.314 e. The van der Waals surface area contributed by atoms with Gasteiger partial charge in [0.2, 0.25) is 0 Å². The maximum atomic E-state index is 12.8. The third kappa shape index (κ3) is 6.85. The van der Waals surface area contributed by atoms with Gasteiger partial charge in [-0.1, -0.05) is 72.8 Å². The number of benzene rings is 5. The Morgan fingerprint density at radius 1 is 0.320 bits per heavy atom. The van der Waals surface area contributed by atoms with Crippen LogP contribution in [0.5, 0.6) is 0 Å². The molecule has 0 aliphatic carbocycles. The fraction of sp³-hybridized carbons (Fsp3) is 0. The number of H-pyrrole nitrogens is 4. The first-order chi connectivity index (χ1) is 24.4. The molecule has 5 aromatic carbocycles. The second-order valence-electron chi connectivity index (χ2n) is 11.0. The van der Waals surface area contributed by atoms with Gasteiger partial charge in [0.1, 0.15) is 0 Å². The molecule has 0 saturated heterocycles. The summed E-state index contributed by atoms with van der Waals surface area (Å²) in [7, 11) is 0. The molecule has 7 aromatic rings. The number of rotatable bonds is 0. The van der Waals surface area contributed by atoms with E-state index in [-0.39, 0.29) is 0 Å². The van der Waals surface area contributed by atoms with Crippen LogP contribution in [0, 0.1) is 0 Å². The highest BCUT2D eigenvalue weighted by Crippen LogP contribution is 2.17. The van der Waals surface area contributed by atoms with Crippen molar-refractivity contribution in [1.29, 1.82) is 0 Å². The minimum Gasteiger partial charge on any atom is -0.317 e. The average Bonchev–Trinajstić information content (AvgIpc) is 3.13. The summed E-state index contributed by atoms with van der Waals surface area (Å²) in [5.74, 6) is 0. The third-order valence-electron chi connectivity index (χ3n) is 7.69. The molecule has 0 radical (unpaired) electrons. The maximum absolute atomic E-state index is 12.8. The van der Waals surface area contributed by atoms with E-state index in [1.165, 1.54) is 0 Å². The SMILES string of the molecule is O=c1[nH]c2ccccc2cnc2cc3ncc4ccccc4[nH]c(=O)c(=O)[nH]c4ccccc4cnc3cc2ncc2ccccc2[nH]c1=O. The second-order valence-corrected chi connectivity index (χ2v) is 11.0. The Hall–Kier alpha value is -7.34. The number of para-hydroxylation sites is 4. The average molecular weight is 659 g/mol. The Labute approximate surface area is 280 Å². The summed E-state index contributed by atoms with van der Waals surface area (Å²) in [5.41, 5.74) is -0.0889. The minimum atomic E-state index is -0.841. The first kappa shape index (κ1) is 31.3. The van der Waals surface area contributed by atoms with Crippen LogP contribution in [0.4, 0.5) is 0 Å². The van der Waals surface area contributed by atoms with Crippen LogP contribution in [0.15, 0.2) is 153 Å². The lowest BCUT2D eigenvalue weighted by molar-refractivity contribution is 1.18. The molecule has 0 saturated carbocycles. The lowest BCUT2D eigenvalue weighted by Gasteiger charge is -1.98. The van der Waals surface area contributed by atoms with Crippen molar-refractivity contribution in [2.45, 2.75) is 0 Å². The number of nitrogens with zero attached hydrogens (tertiary/aromatic N) is 4. The molecule has 4 N–H and O–H groups in total. The van der Waals surface area contributed by atoms with Crippen LogP contribution in [-0.2, 0) is 0 Å². The van der Waals surface area contributed by atoms with Gasteiger partial charge >= 0.3 is 22.2 Å². The van der Waals surface area contributed by atoms with Gasteiger partial charge in [-0.05, 0) is 36.4 Å². The molecule has 7 rings (SSSR count). The Morgan fingerprint density at radius 2 is 0.540 bits per heavy atom. The topological polar surface area (TPSA) is 183 Å². The standard InChI is InChI=1S/C38H26N8O4/c47-35-36(48)44-28-14-6-2-10-24(28)20-40-32-18-34-33(17-31(32)39-19-23-9-1-5-13-27(23)43-35)41-21-25-11-3-7-15-29(25)45-37(49)38(50)46-30-16-8-4-12-26(30)22-42-34/h1-22H,(H,43,47)(H,44,48)(H,45,49)(H,46,50). The van der Waals surface area contributed by atoms with Gasteiger partial charge < -0.3 is 19.9 Å². The van der Waals surface area contributed by atoms with E-state index in [4.69, 9.17) is 19.9 Å². The highest BCUT2D eigenvalue weighted by atomic mass is 16.2. The largest absolute Gasteiger partial charge is 0.317 e. The van der Waals surface area contributed by atoms with Gasteiger partial charge in [0, 0.05) is 68.4 Å². The summed E-state index contributed by atoms with van der Waals surface area (Å²) >= 11 is 0. The Bertz CT molecular complexity index is 2600. The lowest BCUT2D eigenvalue weighted by atomic mass is 10.2. The molecule has 12 nitrogen and oxygen atoms in total. The van der Waals surface area contributed by atoms with Crippen LogP contribution in [0.2, 0.25) is 0 Å². The van der Waals surface area contributed by atoms with Gasteiger partial charge in [0.25, 0.3) is 0 Å². The predicted octanol–water partition coefficient (Wildman–Crippen LogP) is 5.44. The van der Waals surface area contributed by atoms with Crippen molar-refractivity contribution in [2.75, 3.05) is 0 Å². The van der Waals surface area contributed by atoms with Crippen LogP contribution in [-0.4, -0.2) is 39.9 Å². The summed E-state index contributed by atoms with van der Waals surface area (Å²) in [6.07, 6.45) is 6.25. The van der Waals surface area contributed by atoms with Crippen molar-refractivity contribution in [1.82, 2.24) is 39.9 Å². The van der Waals surface area contributed by atoms with Gasteiger partial charge in [-0.2, -0.15) is 0 Å². The molecular formula is C38H26N8O4. The zero-order valence-electron chi connectivity index (χ0n) is 26.1. The van der Waals surface area contributed by atoms with E-state index in [1.54, 1.807) is 134 Å². The molecule has 12 heteroatoms. The molecule has 0 bridgehead atoms. The molecule has 0 spiro atoms. The van der Waals surface area contributed by atoms with Gasteiger partial charge in [-0.3, -0.25) is 39.1 Å². The highest BCUT2D eigenvalue weighted by Gasteiger charge is 2.01. The Morgan fingerprint density at radius 3 is 0.780 bits per heavy atom. The van der Waals surface area contributed by atoms with E-state index in [0.717, 1.165) is 0 Å². The molecule has 242 valence electrons. The van der Waals surface area contributed by atoms with E-state index in [1.807, 2.05) is 0 Å². The number of hydrogen-bond donors (Lipinski definition) is 4. The van der Waals surface area contributed by atoms with Crippen molar-refractivity contribution in [2.24, 2.45) is 0 Å². The zero-order chi connectivity index (χ0) is 34.5. The fourth-order valence-electron chi connectivity index (χ4n) is 5.13. The molecule has 2 heterocycles. The maximum Gasteiger partial charge on any atom is 0.314 e. The van der Waals surface area contributed by atoms with Gasteiger partial charge in [0.15, 0.2) is 0 Å². The highest BCUT2D eigenvalue weighted by molar-refractivity contribution is 5.91. The van der Waals surface area contributed by atoms with Gasteiger partial charge in [-0.15, -0.1) is 0 Å². The summed E-state index contributed by atoms with van der Waals surface area (Å²) < 4.78 is 0. The summed E-state index contributed by atoms with van der Waals surface area (Å²) in [4.78, 5) is 81.1. The Balaban J connectivity index is 1.69. The summed E-state index contributed by atoms with van der Waals surface area (Å²) in [6, 6.07) is 31.3. The van der Waals surface area contributed by atoms with Crippen LogP contribution < -0.4 is 22.2 Å². The van der Waals surface area contributed by atoms with E-state index in [9.17, 15) is 19.2 Å². The summed E-state index contributed by atoms with van der Waals surface area (Å²) in [6.45, 7) is 0. The van der Waals surface area contributed by atoms with Crippen molar-refractivity contribution in [3.63, 3.8) is 0 Å². The van der Waals surface area contributed by atoms with Crippen molar-refractivity contribution in [3.8, 4) is 0 Å². The molecule has 0 fully saturated rings. The summed E-state index contributed by atoms with van der Waals surface area (Å²) in [5, 5.41) is 2.19. The van der Waals surface area contributed by atoms with E-state index in [2.05, 4.69) is 19.9 Å². The quantitative estimate of drug-likeness (QED) is 0.155. The molecule has 2 aromatic heterocycles. The van der Waals surface area contributed by atoms with Crippen molar-refractivity contribution < 1.29 is 0 Å². The number of fused-ring (bicyclic) bond motifs is 6. The number of nitrogens with one attached hydrogen (secondary N) is 4. The van der Waals surface area contributed by atoms with E-state index in [0.29, 0.717) is 65.7 Å². The van der Waals surface area contributed by atoms with Crippen LogP contribution >= 0.6 is 0 Å². The third-order valence-corrected chi connectivity index (χ3v) is 7.69. The van der Waals surface area contributed by atoms with E-state index >= 15 is 0 Å².